The van der Waals surface area contributed by atoms with E-state index in [1.54, 1.807) is 6.61 Å². The normalized spacial score (nSPS) is 6.67. The molecule has 1 radical (unpaired) electrons. The van der Waals surface area contributed by atoms with Gasteiger partial charge in [-0.15, -0.1) is 0 Å². The Balaban J connectivity index is 2.54. The molecule has 0 aromatic heterocycles. The molecule has 33 valence electrons. The third-order valence-electron chi connectivity index (χ3n) is 0.318. The summed E-state index contributed by atoms with van der Waals surface area (Å²) >= 11 is 0. The maximum Gasteiger partial charge on any atom is 0.148 e. The Bertz CT molecular complexity index is 51.4. The van der Waals surface area contributed by atoms with Crippen molar-refractivity contribution in [2.45, 2.75) is 13.3 Å². The molecule has 1 nitrogen and oxygen atoms in total. The highest BCUT2D eigenvalue weighted by Gasteiger charge is 1.71. The van der Waals surface area contributed by atoms with Crippen molar-refractivity contribution in [2.75, 3.05) is 0 Å². The summed E-state index contributed by atoms with van der Waals surface area (Å²) in [5, 5.41) is 0. The predicted molar refractivity (Wildman–Crippen MR) is 24.5 cm³/mol. The first kappa shape index (κ1) is 5.36. The average molecular weight is 83.1 g/mol. The average Bonchev–Trinajstić information content (AvgIpc) is 1.61. The molecule has 0 aliphatic rings. The zero-order chi connectivity index (χ0) is 4.83. The maximum atomic E-state index is 4.71. The monoisotopic (exact) mass is 83.0 g/mol. The summed E-state index contributed by atoms with van der Waals surface area (Å²) in [5.41, 5.74) is 0. The van der Waals surface area contributed by atoms with Crippen LogP contribution in [0.4, 0.5) is 0 Å². The van der Waals surface area contributed by atoms with Gasteiger partial charge in [0.1, 0.15) is 12.7 Å². The topological polar surface area (TPSA) is 9.23 Å². The van der Waals surface area contributed by atoms with E-state index in [0.717, 1.165) is 6.42 Å². The van der Waals surface area contributed by atoms with Gasteiger partial charge in [-0.1, -0.05) is 13.3 Å². The van der Waals surface area contributed by atoms with E-state index in [-0.39, 0.29) is 0 Å². The number of ether oxygens (including phenoxy) is 1. The molecule has 0 spiro atoms. The molecule has 0 heterocycles. The fourth-order valence-corrected chi connectivity index (χ4v) is 0.131. The van der Waals surface area contributed by atoms with Crippen LogP contribution in [0.5, 0.6) is 0 Å². The Morgan fingerprint density at radius 3 is 2.83 bits per heavy atom. The van der Waals surface area contributed by atoms with Gasteiger partial charge in [-0.3, -0.25) is 0 Å². The van der Waals surface area contributed by atoms with Gasteiger partial charge < -0.3 is 4.74 Å². The summed E-state index contributed by atoms with van der Waals surface area (Å²) in [4.78, 5) is 0. The van der Waals surface area contributed by atoms with E-state index in [4.69, 9.17) is 6.42 Å². The second-order valence-electron chi connectivity index (χ2n) is 0.811. The molecule has 0 aliphatic carbocycles. The maximum absolute atomic E-state index is 4.71. The number of hydrogen-bond acceptors (Lipinski definition) is 1. The smallest absolute Gasteiger partial charge is 0.148 e. The van der Waals surface area contributed by atoms with Crippen LogP contribution in [0, 0.1) is 19.1 Å². The van der Waals surface area contributed by atoms with Gasteiger partial charge in [-0.25, -0.2) is 0 Å². The third-order valence-corrected chi connectivity index (χ3v) is 0.318. The van der Waals surface area contributed by atoms with Crippen LogP contribution in [0.25, 0.3) is 0 Å². The standard InChI is InChI=1S/C5H7O/c1-3-5-6-4-2/h2,5H,3H2,1H3. The van der Waals surface area contributed by atoms with Crippen LogP contribution in [0.3, 0.4) is 0 Å². The fraction of sp³-hybridized carbons (Fsp3) is 0.400. The molecule has 0 fully saturated rings. The van der Waals surface area contributed by atoms with E-state index in [9.17, 15) is 0 Å². The Hall–Kier alpha value is -0.640. The molecular weight excluding hydrogens is 76.1 g/mol. The van der Waals surface area contributed by atoms with Crippen LogP contribution in [-0.2, 0) is 4.74 Å². The lowest BCUT2D eigenvalue weighted by Crippen LogP contribution is -1.71. The molecule has 0 saturated carbocycles. The van der Waals surface area contributed by atoms with Crippen molar-refractivity contribution in [1.82, 2.24) is 0 Å². The molecule has 0 atom stereocenters. The summed E-state index contributed by atoms with van der Waals surface area (Å²) in [6.45, 7) is 3.53. The van der Waals surface area contributed by atoms with Crippen molar-refractivity contribution >= 4 is 0 Å². The second kappa shape index (κ2) is 4.36. The highest BCUT2D eigenvalue weighted by molar-refractivity contribution is 4.70. The molecule has 0 amide bonds. The highest BCUT2D eigenvalue weighted by atomic mass is 16.5. The van der Waals surface area contributed by atoms with Crippen molar-refractivity contribution in [2.24, 2.45) is 0 Å². The first-order valence-electron chi connectivity index (χ1n) is 1.84. The minimum absolute atomic E-state index is 0.865. The van der Waals surface area contributed by atoms with Gasteiger partial charge in [0.25, 0.3) is 0 Å². The SMILES string of the molecule is C#CO[CH]CC. The van der Waals surface area contributed by atoms with E-state index in [2.05, 4.69) is 4.74 Å². The van der Waals surface area contributed by atoms with Gasteiger partial charge >= 0.3 is 0 Å². The molecule has 0 aromatic carbocycles. The molecule has 0 aromatic rings. The van der Waals surface area contributed by atoms with Gasteiger partial charge in [0, 0.05) is 0 Å². The summed E-state index contributed by atoms with van der Waals surface area (Å²) in [6.07, 6.45) is 7.59. The molecule has 0 N–H and O–H groups in total. The highest BCUT2D eigenvalue weighted by Crippen LogP contribution is 1.81. The quantitative estimate of drug-likeness (QED) is 0.359. The zero-order valence-electron chi connectivity index (χ0n) is 3.77. The van der Waals surface area contributed by atoms with Crippen molar-refractivity contribution < 1.29 is 4.74 Å². The first-order valence-corrected chi connectivity index (χ1v) is 1.84. The summed E-state index contributed by atoms with van der Waals surface area (Å²) in [6, 6.07) is 0. The number of hydrogen-bond donors (Lipinski definition) is 0. The second-order valence-corrected chi connectivity index (χ2v) is 0.811. The van der Waals surface area contributed by atoms with Crippen LogP contribution in [0.1, 0.15) is 13.3 Å². The van der Waals surface area contributed by atoms with Gasteiger partial charge in [-0.2, -0.15) is 0 Å². The molecule has 1 heteroatoms. The zero-order valence-corrected chi connectivity index (χ0v) is 3.77. The molecule has 0 bridgehead atoms. The Morgan fingerprint density at radius 1 is 2.00 bits per heavy atom. The van der Waals surface area contributed by atoms with E-state index < -0.39 is 0 Å². The van der Waals surface area contributed by atoms with E-state index in [1.807, 2.05) is 13.0 Å². The lowest BCUT2D eigenvalue weighted by molar-refractivity contribution is 0.358. The van der Waals surface area contributed by atoms with Crippen LogP contribution in [0.15, 0.2) is 0 Å². The third kappa shape index (κ3) is 3.36. The van der Waals surface area contributed by atoms with Crippen molar-refractivity contribution in [1.29, 1.82) is 0 Å². The Labute approximate surface area is 38.3 Å². The fourth-order valence-electron chi connectivity index (χ4n) is 0.131. The van der Waals surface area contributed by atoms with Crippen LogP contribution >= 0.6 is 0 Å². The molecule has 6 heavy (non-hydrogen) atoms. The van der Waals surface area contributed by atoms with E-state index >= 15 is 0 Å². The van der Waals surface area contributed by atoms with Crippen LogP contribution in [0.2, 0.25) is 0 Å². The summed E-state index contributed by atoms with van der Waals surface area (Å²) < 4.78 is 4.39. The molecule has 0 saturated heterocycles. The van der Waals surface area contributed by atoms with Crippen molar-refractivity contribution in [3.63, 3.8) is 0 Å². The number of terminal acetylenes is 1. The van der Waals surface area contributed by atoms with E-state index in [0.29, 0.717) is 0 Å². The summed E-state index contributed by atoms with van der Waals surface area (Å²) in [7, 11) is 0. The number of rotatable bonds is 2. The Kier molecular flexibility index (Phi) is 3.89. The van der Waals surface area contributed by atoms with Gasteiger partial charge in [0.2, 0.25) is 0 Å². The molecule has 0 unspecified atom stereocenters. The van der Waals surface area contributed by atoms with Gasteiger partial charge in [0.15, 0.2) is 0 Å². The molecule has 0 rings (SSSR count). The first-order chi connectivity index (χ1) is 2.91. The van der Waals surface area contributed by atoms with E-state index in [1.165, 1.54) is 0 Å². The Morgan fingerprint density at radius 2 is 2.67 bits per heavy atom. The van der Waals surface area contributed by atoms with Crippen LogP contribution < -0.4 is 0 Å². The largest absolute Gasteiger partial charge is 0.439 e. The van der Waals surface area contributed by atoms with Crippen molar-refractivity contribution in [3.8, 4) is 12.5 Å². The van der Waals surface area contributed by atoms with Crippen molar-refractivity contribution in [3.05, 3.63) is 6.61 Å². The van der Waals surface area contributed by atoms with Gasteiger partial charge in [-0.05, 0) is 6.42 Å². The summed E-state index contributed by atoms with van der Waals surface area (Å²) in [5.74, 6) is 0. The predicted octanol–water partition coefficient (Wildman–Crippen LogP) is 1.17. The van der Waals surface area contributed by atoms with Gasteiger partial charge in [0.05, 0.1) is 0 Å². The minimum atomic E-state index is 0.865. The molecular formula is C5H7O. The minimum Gasteiger partial charge on any atom is -0.439 e. The lowest BCUT2D eigenvalue weighted by atomic mass is 10.5. The van der Waals surface area contributed by atoms with Crippen LogP contribution in [-0.4, -0.2) is 0 Å². The lowest BCUT2D eigenvalue weighted by Gasteiger charge is -1.84. The molecule has 0 aliphatic heterocycles.